The number of aliphatic imine (C=N–C) groups is 1. The molecule has 4 aromatic rings. The molecule has 0 aliphatic heterocycles. The number of amides is 10. The molecule has 31 nitrogen and oxygen atoms in total. The lowest BCUT2D eigenvalue weighted by Crippen LogP contribution is -2.61. The number of primary amides is 1. The predicted octanol–water partition coefficient (Wildman–Crippen LogP) is -3.84. The van der Waals surface area contributed by atoms with Gasteiger partial charge >= 0.3 is 11.9 Å². The number of hydrogen-bond donors (Lipinski definition) is 18. The van der Waals surface area contributed by atoms with Crippen LogP contribution in [0.25, 0.3) is 10.9 Å². The van der Waals surface area contributed by atoms with Gasteiger partial charge in [0.15, 0.2) is 5.96 Å². The fourth-order valence-corrected chi connectivity index (χ4v) is 8.89. The number of aromatic hydroxyl groups is 1. The Bertz CT molecular complexity index is 3170. The van der Waals surface area contributed by atoms with Crippen LogP contribution in [0.4, 0.5) is 0 Å². The summed E-state index contributed by atoms with van der Waals surface area (Å²) < 4.78 is 0. The van der Waals surface area contributed by atoms with Gasteiger partial charge in [-0.3, -0.25) is 57.7 Å². The number of fused-ring (bicyclic) bond motifs is 1. The van der Waals surface area contributed by atoms with Crippen LogP contribution in [0.5, 0.6) is 5.75 Å². The van der Waals surface area contributed by atoms with Gasteiger partial charge in [0, 0.05) is 42.9 Å². The monoisotopic (exact) mass is 1240 g/mol. The molecule has 0 radical (unpaired) electrons. The lowest BCUT2D eigenvalue weighted by molar-refractivity contribution is -0.144. The highest BCUT2D eigenvalue weighted by molar-refractivity contribution is 5.99. The first-order chi connectivity index (χ1) is 42.1. The highest BCUT2D eigenvalue weighted by atomic mass is 16.4. The summed E-state index contributed by atoms with van der Waals surface area (Å²) >= 11 is 0. The lowest BCUT2D eigenvalue weighted by atomic mass is 9.99. The van der Waals surface area contributed by atoms with Crippen molar-refractivity contribution < 1.29 is 78.0 Å². The number of nitrogens with one attached hydrogen (secondary N) is 10. The first-order valence-electron chi connectivity index (χ1n) is 28.3. The van der Waals surface area contributed by atoms with Crippen LogP contribution >= 0.6 is 0 Å². The molecule has 0 fully saturated rings. The summed E-state index contributed by atoms with van der Waals surface area (Å²) in [6, 6.07) is 6.19. The van der Waals surface area contributed by atoms with Gasteiger partial charge in [0.25, 0.3) is 0 Å². The molecule has 0 bridgehead atoms. The van der Waals surface area contributed by atoms with Gasteiger partial charge in [-0.05, 0) is 80.3 Å². The molecule has 10 amide bonds. The number of rotatable bonds is 36. The van der Waals surface area contributed by atoms with E-state index in [-0.39, 0.29) is 50.4 Å². The molecular formula is C58H79N15O16. The van der Waals surface area contributed by atoms with Crippen molar-refractivity contribution in [2.45, 2.75) is 139 Å². The van der Waals surface area contributed by atoms with E-state index in [1.54, 1.807) is 74.6 Å². The van der Waals surface area contributed by atoms with E-state index < -0.39 is 163 Å². The maximum Gasteiger partial charge on any atom is 0.326 e. The molecule has 482 valence electrons. The second kappa shape index (κ2) is 34.8. The number of nitrogens with zero attached hydrogens (tertiary/aromatic N) is 1. The lowest BCUT2D eigenvalue weighted by Gasteiger charge is -2.28. The van der Waals surface area contributed by atoms with Crippen LogP contribution in [0.15, 0.2) is 90.1 Å². The van der Waals surface area contributed by atoms with Gasteiger partial charge in [-0.15, -0.1) is 0 Å². The third-order valence-electron chi connectivity index (χ3n) is 13.8. The first kappa shape index (κ1) is 71.3. The molecule has 0 spiro atoms. The standard InChI is InChI=1S/C58H79N15O16/c1-29(2)47(73-55(86)44(28-74)72-50(81)37(59)23-32-11-6-5-7-12-32)56(87)71-41(24-33-16-18-35(75)19-17-33)53(84)70-42(25-34-27-64-38-14-9-8-13-36(34)38)52(83)66-30(3)48(79)67-39(20-21-45(60)76)51(82)65-31(4)49(80)69-43(26-46(77)78)54(85)68-40(57(88)89)15-10-22-63-58(61)62/h5-9,11-14,16-19,27,29-31,37,39-44,47,64,74-75H,10,15,20-26,28,59H2,1-4H3,(H2,60,76)(H,65,82)(H,66,83)(H,67,79)(H,68,85)(H,69,80)(H,70,84)(H,71,87)(H,72,81)(H,73,86)(H,77,78)(H,88,89)(H4,61,62,63). The number of para-hydroxylation sites is 1. The minimum Gasteiger partial charge on any atom is -0.508 e. The Morgan fingerprint density at radius 1 is 0.528 bits per heavy atom. The van der Waals surface area contributed by atoms with Crippen LogP contribution in [0, 0.1) is 5.92 Å². The zero-order chi connectivity index (χ0) is 66.1. The second-order valence-corrected chi connectivity index (χ2v) is 21.4. The van der Waals surface area contributed by atoms with Gasteiger partial charge in [-0.25, -0.2) is 4.79 Å². The number of H-pyrrole nitrogens is 1. The topological polar surface area (TPSA) is 526 Å². The molecule has 10 unspecified atom stereocenters. The van der Waals surface area contributed by atoms with Gasteiger partial charge in [0.2, 0.25) is 59.1 Å². The minimum atomic E-state index is -1.86. The number of phenols is 1. The summed E-state index contributed by atoms with van der Waals surface area (Å²) in [5, 5.41) is 61.9. The Morgan fingerprint density at radius 3 is 1.62 bits per heavy atom. The number of carboxylic acids is 2. The van der Waals surface area contributed by atoms with Crippen molar-refractivity contribution in [2.75, 3.05) is 13.2 Å². The Morgan fingerprint density at radius 2 is 1.03 bits per heavy atom. The molecule has 89 heavy (non-hydrogen) atoms. The zero-order valence-electron chi connectivity index (χ0n) is 49.4. The summed E-state index contributed by atoms with van der Waals surface area (Å²) in [7, 11) is 0. The van der Waals surface area contributed by atoms with Crippen LogP contribution in [0.1, 0.15) is 76.5 Å². The number of nitrogens with two attached hydrogens (primary N) is 4. The number of aromatic nitrogens is 1. The Kier molecular flexibility index (Phi) is 27.9. The second-order valence-electron chi connectivity index (χ2n) is 21.4. The summed E-state index contributed by atoms with van der Waals surface area (Å²) in [6.45, 7) is 4.66. The van der Waals surface area contributed by atoms with Gasteiger partial charge in [-0.1, -0.05) is 74.5 Å². The largest absolute Gasteiger partial charge is 0.508 e. The fourth-order valence-electron chi connectivity index (χ4n) is 8.89. The average Bonchev–Trinajstić information content (AvgIpc) is 3.44. The minimum absolute atomic E-state index is 0.00520. The van der Waals surface area contributed by atoms with E-state index in [1.165, 1.54) is 31.2 Å². The third-order valence-corrected chi connectivity index (χ3v) is 13.8. The Balaban J connectivity index is 1.55. The molecule has 3 aromatic carbocycles. The molecule has 0 aliphatic carbocycles. The number of guanidine groups is 1. The Labute approximate surface area is 511 Å². The van der Waals surface area contributed by atoms with Gasteiger partial charge in [-0.2, -0.15) is 0 Å². The van der Waals surface area contributed by atoms with E-state index in [9.17, 15) is 78.0 Å². The van der Waals surface area contributed by atoms with Crippen LogP contribution in [0.2, 0.25) is 0 Å². The van der Waals surface area contributed by atoms with Gasteiger partial charge < -0.3 is 96.2 Å². The summed E-state index contributed by atoms with van der Waals surface area (Å²) in [5.74, 6) is -14.0. The van der Waals surface area contributed by atoms with Gasteiger partial charge in [0.1, 0.15) is 60.1 Å². The van der Waals surface area contributed by atoms with Crippen molar-refractivity contribution in [3.63, 3.8) is 0 Å². The summed E-state index contributed by atoms with van der Waals surface area (Å²) in [5.41, 5.74) is 24.4. The number of aliphatic hydroxyl groups is 1. The van der Waals surface area contributed by atoms with Crippen molar-refractivity contribution in [2.24, 2.45) is 33.8 Å². The summed E-state index contributed by atoms with van der Waals surface area (Å²) in [4.78, 5) is 167. The fraction of sp³-hybridized carbons (Fsp3) is 0.431. The average molecular weight is 1240 g/mol. The first-order valence-corrected chi connectivity index (χ1v) is 28.3. The van der Waals surface area contributed by atoms with Crippen LogP contribution < -0.4 is 70.8 Å². The van der Waals surface area contributed by atoms with Crippen molar-refractivity contribution >= 4 is 87.9 Å². The number of aromatic amines is 1. The van der Waals surface area contributed by atoms with E-state index in [0.29, 0.717) is 22.0 Å². The molecule has 22 N–H and O–H groups in total. The SMILES string of the molecule is CC(NC(=O)C(CCC(N)=O)NC(=O)C(C)NC(=O)C(Cc1c[nH]c2ccccc12)NC(=O)C(Cc1ccc(O)cc1)NC(=O)C(NC(=O)C(CO)NC(=O)C(N)Cc1ccccc1)C(C)C)C(=O)NC(CC(=O)O)C(=O)NC(CCCN=C(N)N)C(=O)O. The van der Waals surface area contributed by atoms with E-state index in [1.807, 2.05) is 0 Å². The van der Waals surface area contributed by atoms with Crippen molar-refractivity contribution in [1.82, 2.24) is 52.8 Å². The molecular weight excluding hydrogens is 1160 g/mol. The van der Waals surface area contributed by atoms with Crippen molar-refractivity contribution in [3.05, 3.63) is 102 Å². The number of carboxylic acid groups (broad SMARTS) is 2. The zero-order valence-corrected chi connectivity index (χ0v) is 49.4. The van der Waals surface area contributed by atoms with E-state index in [4.69, 9.17) is 22.9 Å². The number of phenolic OH excluding ortho intramolecular Hbond substituents is 1. The normalized spacial score (nSPS) is 14.4. The molecule has 31 heteroatoms. The summed E-state index contributed by atoms with van der Waals surface area (Å²) in [6.07, 6.45) is -0.853. The number of aliphatic carboxylic acids is 2. The third kappa shape index (κ3) is 23.6. The Hall–Kier alpha value is -10.2. The van der Waals surface area contributed by atoms with E-state index >= 15 is 0 Å². The van der Waals surface area contributed by atoms with E-state index in [2.05, 4.69) is 57.8 Å². The molecule has 1 heterocycles. The quantitative estimate of drug-likeness (QED) is 0.0118. The highest BCUT2D eigenvalue weighted by Crippen LogP contribution is 2.20. The van der Waals surface area contributed by atoms with Crippen molar-refractivity contribution in [3.8, 4) is 5.75 Å². The van der Waals surface area contributed by atoms with Crippen LogP contribution in [-0.2, 0) is 76.8 Å². The molecule has 4 rings (SSSR count). The number of carbonyl (C=O) groups excluding carboxylic acids is 10. The number of aliphatic hydroxyl groups excluding tert-OH is 1. The number of hydrogen-bond acceptors (Lipinski definition) is 16. The maximum absolute atomic E-state index is 14.7. The highest BCUT2D eigenvalue weighted by Gasteiger charge is 2.36. The van der Waals surface area contributed by atoms with Crippen LogP contribution in [-0.4, -0.2) is 176 Å². The van der Waals surface area contributed by atoms with E-state index in [0.717, 1.165) is 12.5 Å². The van der Waals surface area contributed by atoms with Crippen molar-refractivity contribution in [1.29, 1.82) is 0 Å². The molecule has 0 aliphatic rings. The number of carbonyl (C=O) groups is 12. The van der Waals surface area contributed by atoms with Gasteiger partial charge in [0.05, 0.1) is 19.1 Å². The maximum atomic E-state index is 14.7. The van der Waals surface area contributed by atoms with Crippen LogP contribution in [0.3, 0.4) is 0 Å². The molecule has 0 saturated heterocycles. The molecule has 0 saturated carbocycles. The molecule has 1 aromatic heterocycles. The smallest absolute Gasteiger partial charge is 0.326 e. The predicted molar refractivity (Wildman–Crippen MR) is 321 cm³/mol. The molecule has 10 atom stereocenters. The number of benzene rings is 3.